The zero-order valence-corrected chi connectivity index (χ0v) is 15.9. The summed E-state index contributed by atoms with van der Waals surface area (Å²) in [5.41, 5.74) is 0. The fourth-order valence-corrected chi connectivity index (χ4v) is 2.28. The van der Waals surface area contributed by atoms with E-state index < -0.39 is 12.0 Å². The highest BCUT2D eigenvalue weighted by molar-refractivity contribution is 5.83. The van der Waals surface area contributed by atoms with Crippen LogP contribution >= 0.6 is 0 Å². The maximum Gasteiger partial charge on any atom is 0.325 e. The van der Waals surface area contributed by atoms with E-state index in [-0.39, 0.29) is 5.91 Å². The van der Waals surface area contributed by atoms with Crippen molar-refractivity contribution in [2.45, 2.75) is 84.1 Å². The molecule has 4 nitrogen and oxygen atoms in total. The van der Waals surface area contributed by atoms with Crippen molar-refractivity contribution in [1.29, 1.82) is 0 Å². The Morgan fingerprint density at radius 2 is 1.44 bits per heavy atom. The third-order valence-corrected chi connectivity index (χ3v) is 3.80. The second-order valence-electron chi connectivity index (χ2n) is 6.23. The molecule has 0 aromatic rings. The van der Waals surface area contributed by atoms with Crippen molar-refractivity contribution in [1.82, 2.24) is 5.32 Å². The van der Waals surface area contributed by atoms with E-state index >= 15 is 0 Å². The molecule has 0 bridgehead atoms. The lowest BCUT2D eigenvalue weighted by molar-refractivity contribution is -0.141. The van der Waals surface area contributed by atoms with Crippen LogP contribution in [-0.2, 0) is 9.59 Å². The van der Waals surface area contributed by atoms with Crippen LogP contribution in [-0.4, -0.2) is 23.0 Å². The second-order valence-corrected chi connectivity index (χ2v) is 6.23. The quantitative estimate of drug-likeness (QED) is 0.317. The molecule has 0 rings (SSSR count). The van der Waals surface area contributed by atoms with Crippen LogP contribution in [0.2, 0.25) is 0 Å². The van der Waals surface area contributed by atoms with Gasteiger partial charge in [-0.25, -0.2) is 0 Å². The van der Waals surface area contributed by atoms with Crippen molar-refractivity contribution in [2.24, 2.45) is 0 Å². The van der Waals surface area contributed by atoms with Gasteiger partial charge >= 0.3 is 5.97 Å². The number of carbonyl (C=O) groups is 2. The number of carboxylic acid groups (broad SMARTS) is 1. The lowest BCUT2D eigenvalue weighted by atomic mass is 10.1. The van der Waals surface area contributed by atoms with Gasteiger partial charge in [-0.3, -0.25) is 9.59 Å². The molecule has 4 heteroatoms. The number of carboxylic acids is 1. The molecule has 0 aromatic carbocycles. The molecule has 0 saturated carbocycles. The number of unbranched alkanes of at least 4 members (excludes halogenated alkanes) is 5. The van der Waals surface area contributed by atoms with Crippen LogP contribution in [0.4, 0.5) is 0 Å². The van der Waals surface area contributed by atoms with Crippen molar-refractivity contribution in [3.63, 3.8) is 0 Å². The van der Waals surface area contributed by atoms with Crippen LogP contribution in [0.1, 0.15) is 78.1 Å². The summed E-state index contributed by atoms with van der Waals surface area (Å²) < 4.78 is 0. The van der Waals surface area contributed by atoms with E-state index in [0.717, 1.165) is 44.9 Å². The number of carbonyl (C=O) groups excluding carboxylic acids is 1. The minimum absolute atomic E-state index is 0.170. The predicted octanol–water partition coefficient (Wildman–Crippen LogP) is 5.17. The van der Waals surface area contributed by atoms with Gasteiger partial charge in [-0.05, 0) is 45.4 Å². The topological polar surface area (TPSA) is 66.4 Å². The Balaban J connectivity index is 3.41. The van der Waals surface area contributed by atoms with Gasteiger partial charge < -0.3 is 10.4 Å². The average molecular weight is 350 g/mol. The molecule has 1 amide bonds. The van der Waals surface area contributed by atoms with E-state index in [1.165, 1.54) is 19.8 Å². The summed E-state index contributed by atoms with van der Waals surface area (Å²) in [6.45, 7) is 3.62. The van der Waals surface area contributed by atoms with E-state index in [1.54, 1.807) is 0 Å². The molecule has 0 radical (unpaired) electrons. The Labute approximate surface area is 153 Å². The Morgan fingerprint density at radius 1 is 0.880 bits per heavy atom. The lowest BCUT2D eigenvalue weighted by Crippen LogP contribution is -2.38. The monoisotopic (exact) mass is 349 g/mol. The molecule has 0 fully saturated rings. The fourth-order valence-electron chi connectivity index (χ4n) is 2.28. The number of hydrogen-bond donors (Lipinski definition) is 2. The molecule has 0 heterocycles. The van der Waals surface area contributed by atoms with Gasteiger partial charge in [0, 0.05) is 6.42 Å². The van der Waals surface area contributed by atoms with Gasteiger partial charge in [-0.2, -0.15) is 0 Å². The summed E-state index contributed by atoms with van der Waals surface area (Å²) in [5.74, 6) is -1.17. The summed E-state index contributed by atoms with van der Waals surface area (Å²) >= 11 is 0. The first-order valence-corrected chi connectivity index (χ1v) is 9.55. The van der Waals surface area contributed by atoms with Gasteiger partial charge in [0.15, 0.2) is 0 Å². The number of rotatable bonds is 15. The fraction of sp³-hybridized carbons (Fsp3) is 0.619. The summed E-state index contributed by atoms with van der Waals surface area (Å²) in [6, 6.07) is -0.804. The molecule has 0 unspecified atom stereocenters. The molecular weight excluding hydrogens is 314 g/mol. The SMILES string of the molecule is CCC=CCC=CCC=CCCCCCCCC(=O)N[C@@H](C)C(=O)O. The standard InChI is InChI=1S/C21H35NO3/c1-3-4-5-6-7-8-9-10-11-12-13-14-15-16-17-18-20(23)22-19(2)21(24)25/h4-5,7-8,10-11,19H,3,6,9,12-18H2,1-2H3,(H,22,23)(H,24,25)/t19-/m0/s1. The molecule has 0 aliphatic carbocycles. The third kappa shape index (κ3) is 16.8. The van der Waals surface area contributed by atoms with Crippen LogP contribution in [0.25, 0.3) is 0 Å². The summed E-state index contributed by atoms with van der Waals surface area (Å²) in [6.07, 6.45) is 23.2. The molecule has 0 aromatic heterocycles. The molecule has 2 N–H and O–H groups in total. The Bertz CT molecular complexity index is 438. The molecule has 0 aliphatic rings. The first kappa shape index (κ1) is 23.2. The van der Waals surface area contributed by atoms with Crippen molar-refractivity contribution in [3.05, 3.63) is 36.5 Å². The van der Waals surface area contributed by atoms with E-state index in [0.29, 0.717) is 6.42 Å². The molecule has 25 heavy (non-hydrogen) atoms. The van der Waals surface area contributed by atoms with Crippen LogP contribution in [0.15, 0.2) is 36.5 Å². The Hall–Kier alpha value is -1.84. The maximum absolute atomic E-state index is 11.5. The van der Waals surface area contributed by atoms with E-state index in [2.05, 4.69) is 48.7 Å². The zero-order chi connectivity index (χ0) is 18.8. The van der Waals surface area contributed by atoms with Gasteiger partial charge in [0.1, 0.15) is 6.04 Å². The van der Waals surface area contributed by atoms with Gasteiger partial charge in [-0.1, -0.05) is 62.6 Å². The largest absolute Gasteiger partial charge is 0.480 e. The number of nitrogens with one attached hydrogen (secondary N) is 1. The number of allylic oxidation sites excluding steroid dienone is 6. The highest BCUT2D eigenvalue weighted by Gasteiger charge is 2.12. The van der Waals surface area contributed by atoms with Crippen molar-refractivity contribution in [2.75, 3.05) is 0 Å². The minimum Gasteiger partial charge on any atom is -0.480 e. The normalized spacial score (nSPS) is 13.0. The van der Waals surface area contributed by atoms with E-state index in [1.807, 2.05) is 0 Å². The zero-order valence-electron chi connectivity index (χ0n) is 15.9. The van der Waals surface area contributed by atoms with E-state index in [4.69, 9.17) is 5.11 Å². The van der Waals surface area contributed by atoms with Crippen molar-refractivity contribution >= 4 is 11.9 Å². The van der Waals surface area contributed by atoms with Gasteiger partial charge in [-0.15, -0.1) is 0 Å². The van der Waals surface area contributed by atoms with Crippen molar-refractivity contribution < 1.29 is 14.7 Å². The molecular formula is C21H35NO3. The minimum atomic E-state index is -0.995. The first-order chi connectivity index (χ1) is 12.1. The van der Waals surface area contributed by atoms with Crippen LogP contribution in [0.3, 0.4) is 0 Å². The smallest absolute Gasteiger partial charge is 0.325 e. The molecule has 0 saturated heterocycles. The Morgan fingerprint density at radius 3 is 2.08 bits per heavy atom. The van der Waals surface area contributed by atoms with Crippen molar-refractivity contribution in [3.8, 4) is 0 Å². The number of amides is 1. The summed E-state index contributed by atoms with van der Waals surface area (Å²) in [7, 11) is 0. The number of aliphatic carboxylic acids is 1. The van der Waals surface area contributed by atoms with Gasteiger partial charge in [0.25, 0.3) is 0 Å². The average Bonchev–Trinajstić information content (AvgIpc) is 2.58. The number of hydrogen-bond acceptors (Lipinski definition) is 2. The molecule has 0 spiro atoms. The highest BCUT2D eigenvalue weighted by Crippen LogP contribution is 2.08. The third-order valence-electron chi connectivity index (χ3n) is 3.80. The summed E-state index contributed by atoms with van der Waals surface area (Å²) in [5, 5.41) is 11.2. The van der Waals surface area contributed by atoms with Gasteiger partial charge in [0.2, 0.25) is 5.91 Å². The van der Waals surface area contributed by atoms with E-state index in [9.17, 15) is 9.59 Å². The first-order valence-electron chi connectivity index (χ1n) is 9.55. The highest BCUT2D eigenvalue weighted by atomic mass is 16.4. The molecule has 142 valence electrons. The molecule has 0 aliphatic heterocycles. The molecule has 1 atom stereocenters. The van der Waals surface area contributed by atoms with Crippen LogP contribution in [0.5, 0.6) is 0 Å². The second kappa shape index (κ2) is 17.0. The maximum atomic E-state index is 11.5. The van der Waals surface area contributed by atoms with Crippen LogP contribution < -0.4 is 5.32 Å². The Kier molecular flexibility index (Phi) is 15.7. The predicted molar refractivity (Wildman–Crippen MR) is 105 cm³/mol. The van der Waals surface area contributed by atoms with Crippen LogP contribution in [0, 0.1) is 0 Å². The summed E-state index contributed by atoms with van der Waals surface area (Å²) in [4.78, 5) is 22.1. The lowest BCUT2D eigenvalue weighted by Gasteiger charge is -2.08. The van der Waals surface area contributed by atoms with Gasteiger partial charge in [0.05, 0.1) is 0 Å².